The van der Waals surface area contributed by atoms with Crippen LogP contribution in [0.4, 0.5) is 15.8 Å². The van der Waals surface area contributed by atoms with Crippen molar-refractivity contribution in [2.75, 3.05) is 36.5 Å². The minimum absolute atomic E-state index is 0.0189. The smallest absolute Gasteiger partial charge is 0.326 e. The third-order valence-electron chi connectivity index (χ3n) is 4.86. The summed E-state index contributed by atoms with van der Waals surface area (Å²) < 4.78 is 13.7. The lowest BCUT2D eigenvalue weighted by molar-refractivity contribution is -0.141. The Kier molecular flexibility index (Phi) is 6.13. The number of rotatable bonds is 6. The van der Waals surface area contributed by atoms with Crippen molar-refractivity contribution in [3.63, 3.8) is 0 Å². The van der Waals surface area contributed by atoms with Crippen LogP contribution in [0.25, 0.3) is 0 Å². The molecule has 0 aromatic heterocycles. The van der Waals surface area contributed by atoms with Gasteiger partial charge in [0.2, 0.25) is 5.91 Å². The maximum absolute atomic E-state index is 13.7. The molecule has 148 valence electrons. The Morgan fingerprint density at radius 1 is 1.14 bits per heavy atom. The molecule has 0 unspecified atom stereocenters. The first-order valence-corrected chi connectivity index (χ1v) is 9.26. The number of amides is 1. The van der Waals surface area contributed by atoms with E-state index >= 15 is 0 Å². The van der Waals surface area contributed by atoms with Crippen molar-refractivity contribution in [2.45, 2.75) is 18.9 Å². The van der Waals surface area contributed by atoms with Gasteiger partial charge < -0.3 is 20.2 Å². The predicted octanol–water partition coefficient (Wildman–Crippen LogP) is 2.28. The molecule has 28 heavy (non-hydrogen) atoms. The van der Waals surface area contributed by atoms with E-state index in [1.807, 2.05) is 47.2 Å². The molecule has 0 saturated carbocycles. The van der Waals surface area contributed by atoms with Crippen molar-refractivity contribution in [2.24, 2.45) is 0 Å². The molecular formula is C21H24FN3O3. The lowest BCUT2D eigenvalue weighted by atomic mass is 10.1. The first kappa shape index (κ1) is 19.7. The van der Waals surface area contributed by atoms with Gasteiger partial charge in [0, 0.05) is 26.6 Å². The number of aliphatic carboxylic acids is 1. The first-order valence-electron chi connectivity index (χ1n) is 9.26. The summed E-state index contributed by atoms with van der Waals surface area (Å²) in [4.78, 5) is 28.0. The van der Waals surface area contributed by atoms with Crippen molar-refractivity contribution in [3.05, 3.63) is 59.9 Å². The lowest BCUT2D eigenvalue weighted by Crippen LogP contribution is -2.46. The highest BCUT2D eigenvalue weighted by Gasteiger charge is 2.24. The normalized spacial score (nSPS) is 14.8. The second-order valence-corrected chi connectivity index (χ2v) is 6.98. The summed E-state index contributed by atoms with van der Waals surface area (Å²) in [5, 5.41) is 12.1. The summed E-state index contributed by atoms with van der Waals surface area (Å²) in [6, 6.07) is 12.7. The molecule has 0 fully saturated rings. The molecule has 0 bridgehead atoms. The number of hydrogen-bond acceptors (Lipinski definition) is 4. The average Bonchev–Trinajstić information content (AvgIpc) is 2.81. The number of benzene rings is 2. The van der Waals surface area contributed by atoms with Crippen LogP contribution in [0.2, 0.25) is 0 Å². The van der Waals surface area contributed by atoms with Gasteiger partial charge in [0.15, 0.2) is 0 Å². The Morgan fingerprint density at radius 3 is 2.61 bits per heavy atom. The van der Waals surface area contributed by atoms with E-state index in [1.165, 1.54) is 12.1 Å². The number of carbonyl (C=O) groups excluding carboxylic acids is 1. The van der Waals surface area contributed by atoms with E-state index in [0.717, 1.165) is 29.9 Å². The van der Waals surface area contributed by atoms with Crippen LogP contribution >= 0.6 is 0 Å². The van der Waals surface area contributed by atoms with Crippen LogP contribution in [0.15, 0.2) is 48.5 Å². The Morgan fingerprint density at radius 2 is 1.89 bits per heavy atom. The number of nitrogens with one attached hydrogen (secondary N) is 1. The van der Waals surface area contributed by atoms with Gasteiger partial charge in [0.05, 0.1) is 17.9 Å². The van der Waals surface area contributed by atoms with Crippen LogP contribution in [-0.2, 0) is 16.0 Å². The van der Waals surface area contributed by atoms with Gasteiger partial charge in [-0.05, 0) is 30.2 Å². The number of hydrogen-bond donors (Lipinski definition) is 2. The van der Waals surface area contributed by atoms with Gasteiger partial charge in [0.1, 0.15) is 11.9 Å². The zero-order chi connectivity index (χ0) is 20.1. The maximum Gasteiger partial charge on any atom is 0.326 e. The fourth-order valence-corrected chi connectivity index (χ4v) is 3.44. The van der Waals surface area contributed by atoms with Gasteiger partial charge in [-0.3, -0.25) is 4.79 Å². The Bertz CT molecular complexity index is 844. The maximum atomic E-state index is 13.7. The van der Waals surface area contributed by atoms with Gasteiger partial charge in [-0.15, -0.1) is 0 Å². The van der Waals surface area contributed by atoms with Crippen molar-refractivity contribution < 1.29 is 19.1 Å². The van der Waals surface area contributed by atoms with E-state index in [0.29, 0.717) is 6.54 Å². The van der Waals surface area contributed by atoms with E-state index in [1.54, 1.807) is 6.07 Å². The summed E-state index contributed by atoms with van der Waals surface area (Å²) >= 11 is 0. The third kappa shape index (κ3) is 4.79. The Labute approximate surface area is 163 Å². The summed E-state index contributed by atoms with van der Waals surface area (Å²) in [5.41, 5.74) is 2.34. The first-order chi connectivity index (χ1) is 13.4. The highest BCUT2D eigenvalue weighted by molar-refractivity contribution is 5.88. The zero-order valence-electron chi connectivity index (χ0n) is 15.8. The quantitative estimate of drug-likeness (QED) is 0.798. The van der Waals surface area contributed by atoms with E-state index < -0.39 is 12.0 Å². The molecule has 0 saturated heterocycles. The van der Waals surface area contributed by atoms with Crippen molar-refractivity contribution >= 4 is 23.3 Å². The molecule has 0 radical (unpaired) electrons. The van der Waals surface area contributed by atoms with Crippen molar-refractivity contribution in [1.82, 2.24) is 5.32 Å². The number of anilines is 2. The van der Waals surface area contributed by atoms with Gasteiger partial charge in [-0.2, -0.15) is 0 Å². The van der Waals surface area contributed by atoms with E-state index in [2.05, 4.69) is 5.32 Å². The Balaban J connectivity index is 1.71. The zero-order valence-corrected chi connectivity index (χ0v) is 15.8. The molecule has 1 heterocycles. The molecule has 1 aliphatic heterocycles. The number of carbonyl (C=O) groups is 2. The molecule has 1 aliphatic rings. The number of halogens is 1. The molecule has 2 N–H and O–H groups in total. The number of nitrogens with zero attached hydrogens (tertiary/aromatic N) is 2. The van der Waals surface area contributed by atoms with E-state index in [4.69, 9.17) is 0 Å². The minimum Gasteiger partial charge on any atom is -0.480 e. The van der Waals surface area contributed by atoms with Gasteiger partial charge in [-0.1, -0.05) is 30.3 Å². The second kappa shape index (κ2) is 8.73. The van der Waals surface area contributed by atoms with Crippen LogP contribution in [-0.4, -0.2) is 49.7 Å². The van der Waals surface area contributed by atoms with Gasteiger partial charge in [-0.25, -0.2) is 9.18 Å². The molecule has 6 nitrogen and oxygen atoms in total. The summed E-state index contributed by atoms with van der Waals surface area (Å²) in [6.45, 7) is 1.40. The molecule has 2 aromatic rings. The molecule has 7 heteroatoms. The van der Waals surface area contributed by atoms with Crippen LogP contribution in [0.3, 0.4) is 0 Å². The highest BCUT2D eigenvalue weighted by Crippen LogP contribution is 2.32. The average molecular weight is 385 g/mol. The summed E-state index contributed by atoms with van der Waals surface area (Å²) in [5.74, 6) is -1.77. The predicted molar refractivity (Wildman–Crippen MR) is 106 cm³/mol. The van der Waals surface area contributed by atoms with Crippen molar-refractivity contribution in [3.8, 4) is 0 Å². The van der Waals surface area contributed by atoms with Gasteiger partial charge >= 0.3 is 5.97 Å². The SMILES string of the molecule is CN1CCCN(CC(=O)N[C@@H](Cc2ccccc2)C(=O)O)c2ccc(F)cc21. The second-order valence-electron chi connectivity index (χ2n) is 6.98. The molecule has 0 aliphatic carbocycles. The van der Waals surface area contributed by atoms with Gasteiger partial charge in [0.25, 0.3) is 0 Å². The summed E-state index contributed by atoms with van der Waals surface area (Å²) in [7, 11) is 1.89. The van der Waals surface area contributed by atoms with E-state index in [9.17, 15) is 19.1 Å². The highest BCUT2D eigenvalue weighted by atomic mass is 19.1. The molecule has 1 amide bonds. The molecule has 1 atom stereocenters. The summed E-state index contributed by atoms with van der Waals surface area (Å²) in [6.07, 6.45) is 1.03. The van der Waals surface area contributed by atoms with Crippen LogP contribution < -0.4 is 15.1 Å². The standard InChI is InChI=1S/C21H24FN3O3/c1-24-10-5-11-25(18-9-8-16(22)13-19(18)24)14-20(26)23-17(21(27)28)12-15-6-3-2-4-7-15/h2-4,6-9,13,17H,5,10-12,14H2,1H3,(H,23,26)(H,27,28)/t17-/m0/s1. The van der Waals surface area contributed by atoms with Crippen LogP contribution in [0, 0.1) is 5.82 Å². The molecule has 3 rings (SSSR count). The monoisotopic (exact) mass is 385 g/mol. The number of carboxylic acids is 1. The fourth-order valence-electron chi connectivity index (χ4n) is 3.44. The minimum atomic E-state index is -1.07. The largest absolute Gasteiger partial charge is 0.480 e. The topological polar surface area (TPSA) is 72.9 Å². The molecule has 0 spiro atoms. The Hall–Kier alpha value is -3.09. The third-order valence-corrected chi connectivity index (χ3v) is 4.86. The van der Waals surface area contributed by atoms with Crippen LogP contribution in [0.5, 0.6) is 0 Å². The lowest BCUT2D eigenvalue weighted by Gasteiger charge is -2.26. The number of carboxylic acid groups (broad SMARTS) is 1. The fraction of sp³-hybridized carbons (Fsp3) is 0.333. The number of fused-ring (bicyclic) bond motifs is 1. The molecular weight excluding hydrogens is 361 g/mol. The van der Waals surface area contributed by atoms with Crippen molar-refractivity contribution in [1.29, 1.82) is 0 Å². The molecule has 2 aromatic carbocycles. The van der Waals surface area contributed by atoms with Crippen LogP contribution in [0.1, 0.15) is 12.0 Å². The van der Waals surface area contributed by atoms with E-state index in [-0.39, 0.29) is 24.7 Å².